The minimum absolute atomic E-state index is 0.000577. The summed E-state index contributed by atoms with van der Waals surface area (Å²) in [5, 5.41) is 5.93. The second kappa shape index (κ2) is 8.73. The average molecular weight is 448 g/mol. The molecule has 6 nitrogen and oxygen atoms in total. The summed E-state index contributed by atoms with van der Waals surface area (Å²) in [5.41, 5.74) is 3.94. The summed E-state index contributed by atoms with van der Waals surface area (Å²) >= 11 is 0. The van der Waals surface area contributed by atoms with Crippen molar-refractivity contribution in [2.24, 2.45) is 0 Å². The molecule has 2 aromatic heterocycles. The largest absolute Gasteiger partial charge is 0.375 e. The van der Waals surface area contributed by atoms with Crippen LogP contribution in [0.2, 0.25) is 0 Å². The Bertz CT molecular complexity index is 1110. The highest BCUT2D eigenvalue weighted by atomic mass is 16.5. The van der Waals surface area contributed by atoms with Gasteiger partial charge in [0.1, 0.15) is 5.82 Å². The van der Waals surface area contributed by atoms with Crippen LogP contribution in [0, 0.1) is 0 Å². The topological polar surface area (TPSA) is 46.4 Å². The summed E-state index contributed by atoms with van der Waals surface area (Å²) < 4.78 is 8.47. The predicted molar refractivity (Wildman–Crippen MR) is 134 cm³/mol. The van der Waals surface area contributed by atoms with Crippen LogP contribution in [0.5, 0.6) is 0 Å². The highest BCUT2D eigenvalue weighted by Gasteiger charge is 2.31. The standard InChI is InChI=1S/C27H37N5O/c1-19(2)20-8-9-28-26(12-20)31-10-11-33-24(18-31)14-27(3,4)22-7-6-21-15-29-32(25(21)13-22)23-16-30(5)17-23/h6-9,12-13,15,19,23-24H,10-11,14,16-18H2,1-5H3. The van der Waals surface area contributed by atoms with E-state index in [-0.39, 0.29) is 11.5 Å². The van der Waals surface area contributed by atoms with Gasteiger partial charge < -0.3 is 14.5 Å². The van der Waals surface area contributed by atoms with Gasteiger partial charge in [0.2, 0.25) is 0 Å². The van der Waals surface area contributed by atoms with E-state index in [4.69, 9.17) is 9.84 Å². The molecule has 6 heteroatoms. The molecule has 1 atom stereocenters. The smallest absolute Gasteiger partial charge is 0.128 e. The Labute approximate surface area is 197 Å². The maximum Gasteiger partial charge on any atom is 0.128 e. The zero-order valence-electron chi connectivity index (χ0n) is 20.7. The number of morpholine rings is 1. The van der Waals surface area contributed by atoms with E-state index < -0.39 is 0 Å². The molecule has 3 aromatic rings. The molecule has 0 radical (unpaired) electrons. The summed E-state index contributed by atoms with van der Waals surface area (Å²) in [6.07, 6.45) is 5.10. The van der Waals surface area contributed by atoms with Crippen molar-refractivity contribution in [1.82, 2.24) is 19.7 Å². The SMILES string of the molecule is CC(C)c1ccnc(N2CCOC(CC(C)(C)c3ccc4cnn(C5CN(C)C5)c4c3)C2)c1. The predicted octanol–water partition coefficient (Wildman–Crippen LogP) is 4.61. The molecular formula is C27H37N5O. The molecule has 0 amide bonds. The number of aromatic nitrogens is 3. The molecule has 4 heterocycles. The molecule has 2 fully saturated rings. The molecule has 2 saturated heterocycles. The fourth-order valence-electron chi connectivity index (χ4n) is 5.27. The highest BCUT2D eigenvalue weighted by Crippen LogP contribution is 2.34. The molecule has 176 valence electrons. The van der Waals surface area contributed by atoms with Crippen molar-refractivity contribution >= 4 is 16.7 Å². The van der Waals surface area contributed by atoms with E-state index in [0.717, 1.165) is 45.0 Å². The van der Waals surface area contributed by atoms with Crippen LogP contribution in [0.3, 0.4) is 0 Å². The van der Waals surface area contributed by atoms with Gasteiger partial charge in [-0.3, -0.25) is 4.68 Å². The number of pyridine rings is 1. The van der Waals surface area contributed by atoms with Crippen molar-refractivity contribution in [3.63, 3.8) is 0 Å². The van der Waals surface area contributed by atoms with Crippen LogP contribution in [0.15, 0.2) is 42.7 Å². The highest BCUT2D eigenvalue weighted by molar-refractivity contribution is 5.79. The molecule has 1 aromatic carbocycles. The maximum atomic E-state index is 6.24. The quantitative estimate of drug-likeness (QED) is 0.552. The van der Waals surface area contributed by atoms with Crippen LogP contribution in [0.25, 0.3) is 10.9 Å². The Kier molecular flexibility index (Phi) is 5.91. The normalized spacial score (nSPS) is 20.5. The number of ether oxygens (including phenoxy) is 1. The van der Waals surface area contributed by atoms with E-state index in [1.165, 1.54) is 22.0 Å². The number of likely N-dealkylation sites (N-methyl/N-ethyl adjacent to an activating group) is 1. The van der Waals surface area contributed by atoms with E-state index in [9.17, 15) is 0 Å². The van der Waals surface area contributed by atoms with Crippen molar-refractivity contribution in [3.8, 4) is 0 Å². The summed E-state index contributed by atoms with van der Waals surface area (Å²) in [5.74, 6) is 1.58. The molecule has 1 unspecified atom stereocenters. The summed E-state index contributed by atoms with van der Waals surface area (Å²) in [6.45, 7) is 13.8. The van der Waals surface area contributed by atoms with Gasteiger partial charge in [0.15, 0.2) is 0 Å². The molecule has 0 aliphatic carbocycles. The molecule has 0 spiro atoms. The van der Waals surface area contributed by atoms with Crippen molar-refractivity contribution < 1.29 is 4.74 Å². The third-order valence-corrected chi connectivity index (χ3v) is 7.41. The lowest BCUT2D eigenvalue weighted by Crippen LogP contribution is -2.45. The Morgan fingerprint density at radius 3 is 2.70 bits per heavy atom. The van der Waals surface area contributed by atoms with Crippen molar-refractivity contribution in [2.75, 3.05) is 44.7 Å². The number of benzene rings is 1. The fraction of sp³-hybridized carbons (Fsp3) is 0.556. The number of anilines is 1. The third-order valence-electron chi connectivity index (χ3n) is 7.41. The zero-order valence-corrected chi connectivity index (χ0v) is 20.7. The number of hydrogen-bond acceptors (Lipinski definition) is 5. The van der Waals surface area contributed by atoms with Crippen molar-refractivity contribution in [2.45, 2.75) is 57.6 Å². The molecule has 33 heavy (non-hydrogen) atoms. The van der Waals surface area contributed by atoms with Crippen LogP contribution >= 0.6 is 0 Å². The van der Waals surface area contributed by atoms with Gasteiger partial charge in [-0.2, -0.15) is 5.10 Å². The molecule has 2 aliphatic rings. The van der Waals surface area contributed by atoms with Crippen molar-refractivity contribution in [3.05, 3.63) is 53.9 Å². The zero-order chi connectivity index (χ0) is 23.2. The second-order valence-electron chi connectivity index (χ2n) is 10.9. The van der Waals surface area contributed by atoms with Crippen LogP contribution < -0.4 is 4.90 Å². The maximum absolute atomic E-state index is 6.24. The molecule has 0 bridgehead atoms. The first-order valence-corrected chi connectivity index (χ1v) is 12.3. The molecule has 0 N–H and O–H groups in total. The van der Waals surface area contributed by atoms with Gasteiger partial charge in [0.25, 0.3) is 0 Å². The van der Waals surface area contributed by atoms with E-state index in [2.05, 4.69) is 84.5 Å². The van der Waals surface area contributed by atoms with Gasteiger partial charge in [-0.1, -0.05) is 39.8 Å². The summed E-state index contributed by atoms with van der Waals surface area (Å²) in [6, 6.07) is 11.7. The lowest BCUT2D eigenvalue weighted by molar-refractivity contribution is 0.0228. The van der Waals surface area contributed by atoms with Crippen LogP contribution in [-0.2, 0) is 10.2 Å². The Balaban J connectivity index is 1.32. The molecular weight excluding hydrogens is 410 g/mol. The Hall–Kier alpha value is -2.44. The summed E-state index contributed by atoms with van der Waals surface area (Å²) in [7, 11) is 2.17. The number of rotatable bonds is 6. The first kappa shape index (κ1) is 22.4. The fourth-order valence-corrected chi connectivity index (χ4v) is 5.27. The number of likely N-dealkylation sites (tertiary alicyclic amines) is 1. The van der Waals surface area contributed by atoms with Gasteiger partial charge in [-0.15, -0.1) is 0 Å². The van der Waals surface area contributed by atoms with Crippen LogP contribution in [-0.4, -0.2) is 65.6 Å². The first-order valence-electron chi connectivity index (χ1n) is 12.3. The first-order chi connectivity index (χ1) is 15.8. The van der Waals surface area contributed by atoms with Gasteiger partial charge >= 0.3 is 0 Å². The number of fused-ring (bicyclic) bond motifs is 1. The minimum atomic E-state index is 0.000577. The lowest BCUT2D eigenvalue weighted by atomic mass is 9.79. The minimum Gasteiger partial charge on any atom is -0.375 e. The van der Waals surface area contributed by atoms with E-state index in [1.54, 1.807) is 0 Å². The van der Waals surface area contributed by atoms with Crippen LogP contribution in [0.4, 0.5) is 5.82 Å². The van der Waals surface area contributed by atoms with Gasteiger partial charge in [0.05, 0.1) is 30.5 Å². The monoisotopic (exact) mass is 447 g/mol. The van der Waals surface area contributed by atoms with Gasteiger partial charge in [0, 0.05) is 37.8 Å². The van der Waals surface area contributed by atoms with E-state index >= 15 is 0 Å². The second-order valence-corrected chi connectivity index (χ2v) is 10.9. The average Bonchev–Trinajstić information content (AvgIpc) is 3.20. The van der Waals surface area contributed by atoms with Gasteiger partial charge in [-0.05, 0) is 54.1 Å². The number of nitrogens with zero attached hydrogens (tertiary/aromatic N) is 5. The lowest BCUT2D eigenvalue weighted by Gasteiger charge is -2.38. The van der Waals surface area contributed by atoms with Crippen molar-refractivity contribution in [1.29, 1.82) is 0 Å². The summed E-state index contributed by atoms with van der Waals surface area (Å²) in [4.78, 5) is 9.39. The van der Waals surface area contributed by atoms with Gasteiger partial charge in [-0.25, -0.2) is 4.98 Å². The third kappa shape index (κ3) is 4.51. The van der Waals surface area contributed by atoms with Crippen LogP contribution in [0.1, 0.15) is 57.2 Å². The van der Waals surface area contributed by atoms with E-state index in [1.807, 2.05) is 12.4 Å². The molecule has 5 rings (SSSR count). The Morgan fingerprint density at radius 1 is 1.12 bits per heavy atom. The number of hydrogen-bond donors (Lipinski definition) is 0. The molecule has 0 saturated carbocycles. The molecule has 2 aliphatic heterocycles. The van der Waals surface area contributed by atoms with E-state index in [0.29, 0.717) is 12.0 Å². The Morgan fingerprint density at radius 2 is 1.94 bits per heavy atom.